The van der Waals surface area contributed by atoms with Crippen LogP contribution in [0.2, 0.25) is 0 Å². The van der Waals surface area contributed by atoms with Gasteiger partial charge >= 0.3 is 6.03 Å². The summed E-state index contributed by atoms with van der Waals surface area (Å²) in [5.74, 6) is -0.118. The van der Waals surface area contributed by atoms with Gasteiger partial charge in [-0.1, -0.05) is 6.92 Å². The first-order valence-corrected chi connectivity index (χ1v) is 6.67. The van der Waals surface area contributed by atoms with Crippen LogP contribution < -0.4 is 15.4 Å². The van der Waals surface area contributed by atoms with Gasteiger partial charge in [-0.2, -0.15) is 0 Å². The Morgan fingerprint density at radius 1 is 1.50 bits per heavy atom. The van der Waals surface area contributed by atoms with Crippen molar-refractivity contribution in [1.82, 2.24) is 5.32 Å². The number of benzene rings is 1. The minimum Gasteiger partial charge on any atom is -0.491 e. The van der Waals surface area contributed by atoms with E-state index in [1.807, 2.05) is 6.92 Å². The van der Waals surface area contributed by atoms with Gasteiger partial charge in [0.2, 0.25) is 0 Å². The van der Waals surface area contributed by atoms with E-state index in [-0.39, 0.29) is 12.6 Å². The van der Waals surface area contributed by atoms with E-state index in [1.165, 1.54) is 18.2 Å². The maximum absolute atomic E-state index is 13.2. The third kappa shape index (κ3) is 5.44. The van der Waals surface area contributed by atoms with E-state index in [0.29, 0.717) is 24.5 Å². The summed E-state index contributed by atoms with van der Waals surface area (Å²) < 4.78 is 18.6. The van der Waals surface area contributed by atoms with E-state index in [0.717, 1.165) is 6.42 Å². The fourth-order valence-electron chi connectivity index (χ4n) is 1.58. The molecule has 0 aromatic heterocycles. The summed E-state index contributed by atoms with van der Waals surface area (Å²) in [5.41, 5.74) is 0.411. The van der Waals surface area contributed by atoms with Gasteiger partial charge in [0.25, 0.3) is 0 Å². The molecule has 0 bridgehead atoms. The first-order chi connectivity index (χ1) is 9.56. The van der Waals surface area contributed by atoms with E-state index in [9.17, 15) is 9.18 Å². The average molecular weight is 284 g/mol. The highest BCUT2D eigenvalue weighted by atomic mass is 19.1. The molecular formula is C14H21FN2O3. The number of ether oxygens (including phenoxy) is 1. The number of amides is 2. The molecule has 3 N–H and O–H groups in total. The lowest BCUT2D eigenvalue weighted by Crippen LogP contribution is -2.36. The number of rotatable bonds is 7. The molecule has 0 unspecified atom stereocenters. The number of halogens is 1. The summed E-state index contributed by atoms with van der Waals surface area (Å²) in [5, 5.41) is 14.1. The third-order valence-electron chi connectivity index (χ3n) is 2.59. The van der Waals surface area contributed by atoms with Gasteiger partial charge < -0.3 is 20.5 Å². The lowest BCUT2D eigenvalue weighted by Gasteiger charge is -2.15. The van der Waals surface area contributed by atoms with Crippen molar-refractivity contribution in [1.29, 1.82) is 0 Å². The summed E-state index contributed by atoms with van der Waals surface area (Å²) in [6.45, 7) is 4.17. The largest absolute Gasteiger partial charge is 0.491 e. The molecule has 0 spiro atoms. The minimum atomic E-state index is -0.421. The molecule has 1 atom stereocenters. The Morgan fingerprint density at radius 2 is 2.25 bits per heavy atom. The molecule has 0 saturated carbocycles. The van der Waals surface area contributed by atoms with E-state index < -0.39 is 11.8 Å². The van der Waals surface area contributed by atoms with Gasteiger partial charge in [0, 0.05) is 18.7 Å². The highest BCUT2D eigenvalue weighted by Gasteiger charge is 2.11. The standard InChI is InChI=1S/C14H21FN2O3/c1-3-8-20-13-9-11(15)4-5-12(13)17-14(19)16-10(2)6-7-18/h4-5,9-10,18H,3,6-8H2,1-2H3,(H2,16,17,19)/t10-/m1/s1. The Balaban J connectivity index is 2.68. The molecule has 2 amide bonds. The van der Waals surface area contributed by atoms with Crippen molar-refractivity contribution in [2.45, 2.75) is 32.7 Å². The lowest BCUT2D eigenvalue weighted by molar-refractivity contribution is 0.241. The van der Waals surface area contributed by atoms with Crippen molar-refractivity contribution in [2.75, 3.05) is 18.5 Å². The van der Waals surface area contributed by atoms with Crippen LogP contribution in [0.15, 0.2) is 18.2 Å². The van der Waals surface area contributed by atoms with Gasteiger partial charge in [-0.25, -0.2) is 9.18 Å². The molecule has 1 aromatic rings. The summed E-state index contributed by atoms with van der Waals surface area (Å²) in [6.07, 6.45) is 1.26. The monoisotopic (exact) mass is 284 g/mol. The van der Waals surface area contributed by atoms with Crippen LogP contribution in [-0.4, -0.2) is 30.4 Å². The van der Waals surface area contributed by atoms with Crippen LogP contribution >= 0.6 is 0 Å². The number of aliphatic hydroxyl groups is 1. The lowest BCUT2D eigenvalue weighted by atomic mass is 10.2. The van der Waals surface area contributed by atoms with Crippen molar-refractivity contribution in [3.05, 3.63) is 24.0 Å². The number of aliphatic hydroxyl groups excluding tert-OH is 1. The normalized spacial score (nSPS) is 11.8. The Hall–Kier alpha value is -1.82. The zero-order valence-corrected chi connectivity index (χ0v) is 11.8. The zero-order valence-electron chi connectivity index (χ0n) is 11.8. The van der Waals surface area contributed by atoms with Crippen LogP contribution in [0, 0.1) is 5.82 Å². The van der Waals surface area contributed by atoms with E-state index in [1.54, 1.807) is 6.92 Å². The summed E-state index contributed by atoms with van der Waals surface area (Å²) >= 11 is 0. The molecule has 0 aliphatic carbocycles. The van der Waals surface area contributed by atoms with E-state index in [4.69, 9.17) is 9.84 Å². The first-order valence-electron chi connectivity index (χ1n) is 6.67. The zero-order chi connectivity index (χ0) is 15.0. The topological polar surface area (TPSA) is 70.6 Å². The van der Waals surface area contributed by atoms with Crippen molar-refractivity contribution in [3.8, 4) is 5.75 Å². The predicted octanol–water partition coefficient (Wildman–Crippen LogP) is 2.51. The molecule has 5 nitrogen and oxygen atoms in total. The van der Waals surface area contributed by atoms with Gasteiger partial charge in [0.05, 0.1) is 12.3 Å². The number of carbonyl (C=O) groups is 1. The SMILES string of the molecule is CCCOc1cc(F)ccc1NC(=O)N[C@H](C)CCO. The molecule has 1 rings (SSSR count). The molecule has 1 aromatic carbocycles. The number of urea groups is 1. The second-order valence-corrected chi connectivity index (χ2v) is 4.50. The highest BCUT2D eigenvalue weighted by Crippen LogP contribution is 2.25. The van der Waals surface area contributed by atoms with Crippen LogP contribution in [0.5, 0.6) is 5.75 Å². The summed E-state index contributed by atoms with van der Waals surface area (Å²) in [4.78, 5) is 11.8. The molecular weight excluding hydrogens is 263 g/mol. The summed E-state index contributed by atoms with van der Waals surface area (Å²) in [7, 11) is 0. The maximum Gasteiger partial charge on any atom is 0.319 e. The number of hydrogen-bond acceptors (Lipinski definition) is 3. The Bertz CT molecular complexity index is 440. The van der Waals surface area contributed by atoms with Gasteiger partial charge in [0.1, 0.15) is 11.6 Å². The van der Waals surface area contributed by atoms with Gasteiger partial charge in [-0.05, 0) is 31.9 Å². The van der Waals surface area contributed by atoms with Crippen molar-refractivity contribution in [3.63, 3.8) is 0 Å². The number of nitrogens with one attached hydrogen (secondary N) is 2. The summed E-state index contributed by atoms with van der Waals surface area (Å²) in [6, 6.07) is 3.38. The number of hydrogen-bond donors (Lipinski definition) is 3. The number of carbonyl (C=O) groups excluding carboxylic acids is 1. The average Bonchev–Trinajstić information content (AvgIpc) is 2.39. The predicted molar refractivity (Wildman–Crippen MR) is 75.5 cm³/mol. The third-order valence-corrected chi connectivity index (χ3v) is 2.59. The second kappa shape index (κ2) is 8.37. The van der Waals surface area contributed by atoms with E-state index in [2.05, 4.69) is 10.6 Å². The highest BCUT2D eigenvalue weighted by molar-refractivity contribution is 5.91. The molecule has 112 valence electrons. The van der Waals surface area contributed by atoms with Crippen LogP contribution in [0.25, 0.3) is 0 Å². The van der Waals surface area contributed by atoms with Crippen LogP contribution in [0.4, 0.5) is 14.9 Å². The Morgan fingerprint density at radius 3 is 2.90 bits per heavy atom. The first kappa shape index (κ1) is 16.2. The van der Waals surface area contributed by atoms with Gasteiger partial charge in [-0.15, -0.1) is 0 Å². The molecule has 0 saturated heterocycles. The van der Waals surface area contributed by atoms with Crippen molar-refractivity contribution in [2.24, 2.45) is 0 Å². The Kier molecular flexibility index (Phi) is 6.79. The molecule has 0 aliphatic heterocycles. The van der Waals surface area contributed by atoms with Gasteiger partial charge in [-0.3, -0.25) is 0 Å². The molecule has 0 heterocycles. The molecule has 0 fully saturated rings. The fraction of sp³-hybridized carbons (Fsp3) is 0.500. The van der Waals surface area contributed by atoms with E-state index >= 15 is 0 Å². The molecule has 0 aliphatic rings. The minimum absolute atomic E-state index is 0.00283. The fourth-order valence-corrected chi connectivity index (χ4v) is 1.58. The van der Waals surface area contributed by atoms with Crippen LogP contribution in [0.1, 0.15) is 26.7 Å². The van der Waals surface area contributed by atoms with Crippen LogP contribution in [0.3, 0.4) is 0 Å². The smallest absolute Gasteiger partial charge is 0.319 e. The maximum atomic E-state index is 13.2. The Labute approximate surface area is 118 Å². The number of anilines is 1. The molecule has 0 radical (unpaired) electrons. The van der Waals surface area contributed by atoms with Crippen LogP contribution in [-0.2, 0) is 0 Å². The van der Waals surface area contributed by atoms with Crippen molar-refractivity contribution >= 4 is 11.7 Å². The quantitative estimate of drug-likeness (QED) is 0.720. The second-order valence-electron chi connectivity index (χ2n) is 4.50. The molecule has 6 heteroatoms. The van der Waals surface area contributed by atoms with Gasteiger partial charge in [0.15, 0.2) is 0 Å². The van der Waals surface area contributed by atoms with Crippen molar-refractivity contribution < 1.29 is 19.0 Å². The molecule has 20 heavy (non-hydrogen) atoms.